The Balaban J connectivity index is 2.67. The van der Waals surface area contributed by atoms with Crippen LogP contribution in [0.5, 0.6) is 0 Å². The largest absolute Gasteiger partial charge is 0.469 e. The van der Waals surface area contributed by atoms with Crippen molar-refractivity contribution in [3.05, 3.63) is 23.8 Å². The number of methoxy groups -OCH3 is 1. The number of carbonyl (C=O) groups is 2. The highest BCUT2D eigenvalue weighted by molar-refractivity contribution is 7.92. The lowest BCUT2D eigenvalue weighted by Gasteiger charge is -2.11. The zero-order valence-corrected chi connectivity index (χ0v) is 12.7. The highest BCUT2D eigenvalue weighted by atomic mass is 32.2. The lowest BCUT2D eigenvalue weighted by Crippen LogP contribution is -2.26. The maximum atomic E-state index is 11.8. The van der Waals surface area contributed by atoms with Crippen molar-refractivity contribution in [3.63, 3.8) is 0 Å². The van der Waals surface area contributed by atoms with E-state index in [9.17, 15) is 18.0 Å². The van der Waals surface area contributed by atoms with Crippen LogP contribution >= 0.6 is 0 Å². The van der Waals surface area contributed by atoms with Gasteiger partial charge in [0, 0.05) is 0 Å². The van der Waals surface area contributed by atoms with Gasteiger partial charge in [0.05, 0.1) is 30.7 Å². The third-order valence-corrected chi connectivity index (χ3v) is 4.29. The molecule has 3 N–H and O–H groups in total. The van der Waals surface area contributed by atoms with E-state index in [0.29, 0.717) is 11.4 Å². The van der Waals surface area contributed by atoms with Gasteiger partial charge in [-0.2, -0.15) is 0 Å². The quantitative estimate of drug-likeness (QED) is 0.583. The maximum Gasteiger partial charge on any atom is 0.306 e. The number of nitrogens with one attached hydrogen (secondary N) is 1. The molecule has 21 heavy (non-hydrogen) atoms. The van der Waals surface area contributed by atoms with Gasteiger partial charge in [-0.05, 0) is 18.6 Å². The van der Waals surface area contributed by atoms with Crippen molar-refractivity contribution in [2.75, 3.05) is 29.7 Å². The number of rotatable bonds is 6. The summed E-state index contributed by atoms with van der Waals surface area (Å²) in [7, 11) is -2.52. The Bertz CT molecular complexity index is 620. The SMILES string of the molecule is COC(=O)CCS(=O)(=O)CC(=O)Nc1c(C)cccc1N. The highest BCUT2D eigenvalue weighted by Crippen LogP contribution is 2.22. The predicted molar refractivity (Wildman–Crippen MR) is 79.5 cm³/mol. The number of amides is 1. The van der Waals surface area contributed by atoms with Crippen LogP contribution < -0.4 is 11.1 Å². The molecular formula is C13H18N2O5S. The molecule has 0 aliphatic heterocycles. The van der Waals surface area contributed by atoms with Crippen molar-refractivity contribution >= 4 is 33.1 Å². The van der Waals surface area contributed by atoms with Gasteiger partial charge in [-0.1, -0.05) is 12.1 Å². The van der Waals surface area contributed by atoms with E-state index in [1.54, 1.807) is 25.1 Å². The van der Waals surface area contributed by atoms with Crippen molar-refractivity contribution in [1.29, 1.82) is 0 Å². The van der Waals surface area contributed by atoms with Crippen LogP contribution in [-0.4, -0.2) is 38.9 Å². The van der Waals surface area contributed by atoms with E-state index in [-0.39, 0.29) is 6.42 Å². The highest BCUT2D eigenvalue weighted by Gasteiger charge is 2.19. The summed E-state index contributed by atoms with van der Waals surface area (Å²) in [5.74, 6) is -2.48. The van der Waals surface area contributed by atoms with Crippen LogP contribution in [0.1, 0.15) is 12.0 Å². The Kier molecular flexibility index (Phi) is 5.71. The molecule has 0 aliphatic carbocycles. The second-order valence-electron chi connectivity index (χ2n) is 4.51. The number of nitrogen functional groups attached to an aromatic ring is 1. The van der Waals surface area contributed by atoms with Gasteiger partial charge in [-0.3, -0.25) is 9.59 Å². The summed E-state index contributed by atoms with van der Waals surface area (Å²) < 4.78 is 27.8. The number of nitrogens with two attached hydrogens (primary N) is 1. The number of hydrogen-bond acceptors (Lipinski definition) is 6. The van der Waals surface area contributed by atoms with E-state index in [1.165, 1.54) is 7.11 Å². The second kappa shape index (κ2) is 7.07. The molecule has 0 atom stereocenters. The van der Waals surface area contributed by atoms with Gasteiger partial charge in [0.15, 0.2) is 9.84 Å². The van der Waals surface area contributed by atoms with Crippen LogP contribution in [-0.2, 0) is 24.2 Å². The lowest BCUT2D eigenvalue weighted by atomic mass is 10.1. The smallest absolute Gasteiger partial charge is 0.306 e. The van der Waals surface area contributed by atoms with E-state index in [1.807, 2.05) is 0 Å². The number of anilines is 2. The molecule has 0 spiro atoms. The van der Waals surface area contributed by atoms with Gasteiger partial charge in [0.2, 0.25) is 5.91 Å². The van der Waals surface area contributed by atoms with E-state index in [0.717, 1.165) is 5.56 Å². The van der Waals surface area contributed by atoms with Gasteiger partial charge >= 0.3 is 5.97 Å². The Morgan fingerprint density at radius 3 is 2.57 bits per heavy atom. The first-order chi connectivity index (χ1) is 9.75. The average Bonchev–Trinajstić information content (AvgIpc) is 2.40. The van der Waals surface area contributed by atoms with Gasteiger partial charge < -0.3 is 15.8 Å². The van der Waals surface area contributed by atoms with Crippen LogP contribution in [0, 0.1) is 6.92 Å². The number of esters is 1. The zero-order chi connectivity index (χ0) is 16.0. The number of carbonyl (C=O) groups excluding carboxylic acids is 2. The molecule has 116 valence electrons. The molecule has 0 aromatic heterocycles. The fourth-order valence-corrected chi connectivity index (χ4v) is 2.74. The van der Waals surface area contributed by atoms with Crippen molar-refractivity contribution < 1.29 is 22.7 Å². The molecule has 1 aromatic rings. The minimum atomic E-state index is -3.69. The molecule has 1 rings (SSSR count). The minimum absolute atomic E-state index is 0.279. The van der Waals surface area contributed by atoms with Crippen LogP contribution in [0.2, 0.25) is 0 Å². The van der Waals surface area contributed by atoms with Gasteiger partial charge in [0.25, 0.3) is 0 Å². The number of ether oxygens (including phenoxy) is 1. The predicted octanol–water partition coefficient (Wildman–Crippen LogP) is 0.494. The summed E-state index contributed by atoms with van der Waals surface area (Å²) in [5, 5.41) is 2.48. The fraction of sp³-hybridized carbons (Fsp3) is 0.385. The zero-order valence-electron chi connectivity index (χ0n) is 11.9. The molecule has 0 unspecified atom stereocenters. The number of benzene rings is 1. The average molecular weight is 314 g/mol. The molecule has 0 saturated carbocycles. The summed E-state index contributed by atoms with van der Waals surface area (Å²) >= 11 is 0. The van der Waals surface area contributed by atoms with Crippen molar-refractivity contribution in [1.82, 2.24) is 0 Å². The van der Waals surface area contributed by atoms with Gasteiger partial charge in [-0.25, -0.2) is 8.42 Å². The maximum absolute atomic E-state index is 11.8. The molecule has 0 fully saturated rings. The standard InChI is InChI=1S/C13H18N2O5S/c1-9-4-3-5-10(14)13(9)15-11(16)8-21(18,19)7-6-12(17)20-2/h3-5H,6-8,14H2,1-2H3,(H,15,16). The number of hydrogen-bond donors (Lipinski definition) is 2. The van der Waals surface area contributed by atoms with Crippen molar-refractivity contribution in [3.8, 4) is 0 Å². The number of para-hydroxylation sites is 1. The topological polar surface area (TPSA) is 116 Å². The second-order valence-corrected chi connectivity index (χ2v) is 6.69. The van der Waals surface area contributed by atoms with E-state index < -0.39 is 33.2 Å². The monoisotopic (exact) mass is 314 g/mol. The molecule has 0 radical (unpaired) electrons. The molecule has 8 heteroatoms. The third kappa shape index (κ3) is 5.42. The molecular weight excluding hydrogens is 296 g/mol. The molecule has 1 aromatic carbocycles. The minimum Gasteiger partial charge on any atom is -0.469 e. The third-order valence-electron chi connectivity index (χ3n) is 2.77. The van der Waals surface area contributed by atoms with Crippen LogP contribution in [0.4, 0.5) is 11.4 Å². The first kappa shape index (κ1) is 17.0. The summed E-state index contributed by atoms with van der Waals surface area (Å²) in [5.41, 5.74) is 7.21. The number of aryl methyl sites for hydroxylation is 1. The summed E-state index contributed by atoms with van der Waals surface area (Å²) in [6, 6.07) is 5.08. The van der Waals surface area contributed by atoms with Crippen LogP contribution in [0.3, 0.4) is 0 Å². The van der Waals surface area contributed by atoms with Crippen LogP contribution in [0.25, 0.3) is 0 Å². The Hall–Kier alpha value is -2.09. The van der Waals surface area contributed by atoms with Crippen molar-refractivity contribution in [2.45, 2.75) is 13.3 Å². The first-order valence-electron chi connectivity index (χ1n) is 6.17. The Morgan fingerprint density at radius 1 is 1.33 bits per heavy atom. The van der Waals surface area contributed by atoms with Gasteiger partial charge in [0.1, 0.15) is 5.75 Å². The Morgan fingerprint density at radius 2 is 2.00 bits per heavy atom. The molecule has 1 amide bonds. The molecule has 0 aliphatic rings. The number of sulfone groups is 1. The van der Waals surface area contributed by atoms with Crippen LogP contribution in [0.15, 0.2) is 18.2 Å². The lowest BCUT2D eigenvalue weighted by molar-refractivity contribution is -0.140. The van der Waals surface area contributed by atoms with Gasteiger partial charge in [-0.15, -0.1) is 0 Å². The van der Waals surface area contributed by atoms with E-state index in [4.69, 9.17) is 5.73 Å². The first-order valence-corrected chi connectivity index (χ1v) is 7.99. The Labute approximate surface area is 123 Å². The molecule has 0 saturated heterocycles. The fourth-order valence-electron chi connectivity index (χ4n) is 1.65. The molecule has 7 nitrogen and oxygen atoms in total. The summed E-state index contributed by atoms with van der Waals surface area (Å²) in [6.45, 7) is 1.75. The van der Waals surface area contributed by atoms with E-state index in [2.05, 4.69) is 10.1 Å². The molecule has 0 bridgehead atoms. The normalized spacial score (nSPS) is 11.0. The van der Waals surface area contributed by atoms with Crippen molar-refractivity contribution in [2.24, 2.45) is 0 Å². The van der Waals surface area contributed by atoms with E-state index >= 15 is 0 Å². The molecule has 0 heterocycles. The summed E-state index contributed by atoms with van der Waals surface area (Å²) in [6.07, 6.45) is -0.279. The summed E-state index contributed by atoms with van der Waals surface area (Å²) in [4.78, 5) is 22.7.